The molecule has 0 radical (unpaired) electrons. The van der Waals surface area contributed by atoms with Gasteiger partial charge in [0, 0.05) is 32.2 Å². The molecule has 1 saturated heterocycles. The van der Waals surface area contributed by atoms with Crippen molar-refractivity contribution < 1.29 is 22.7 Å². The third-order valence-electron chi connectivity index (χ3n) is 4.50. The average molecular weight is 385 g/mol. The molecular weight excluding hydrogens is 358 g/mol. The number of rotatable bonds is 7. The first-order valence-electron chi connectivity index (χ1n) is 8.58. The Labute approximate surface area is 155 Å². The van der Waals surface area contributed by atoms with E-state index in [1.54, 1.807) is 11.8 Å². The molecule has 0 saturated carbocycles. The summed E-state index contributed by atoms with van der Waals surface area (Å²) in [5, 5.41) is 0. The third-order valence-corrected chi connectivity index (χ3v) is 6.04. The number of likely N-dealkylation sites (N-methyl/N-ethyl adjacent to an activating group) is 1. The van der Waals surface area contributed by atoms with Gasteiger partial charge in [-0.05, 0) is 25.6 Å². The van der Waals surface area contributed by atoms with Crippen molar-refractivity contribution in [3.8, 4) is 11.5 Å². The number of nitrogens with zero attached hydrogens (tertiary/aromatic N) is 2. The monoisotopic (exact) mass is 385 g/mol. The van der Waals surface area contributed by atoms with Crippen molar-refractivity contribution in [1.29, 1.82) is 0 Å². The van der Waals surface area contributed by atoms with E-state index < -0.39 is 16.1 Å². The van der Waals surface area contributed by atoms with Gasteiger partial charge >= 0.3 is 0 Å². The van der Waals surface area contributed by atoms with E-state index in [2.05, 4.69) is 16.5 Å². The number of carbonyl (C=O) groups excluding carboxylic acids is 1. The lowest BCUT2D eigenvalue weighted by atomic mass is 10.2. The van der Waals surface area contributed by atoms with Gasteiger partial charge in [0.05, 0.1) is 25.2 Å². The van der Waals surface area contributed by atoms with Crippen molar-refractivity contribution in [2.24, 2.45) is 0 Å². The molecule has 1 aliphatic rings. The Kier molecular flexibility index (Phi) is 6.85. The molecule has 2 rings (SSSR count). The molecule has 9 heteroatoms. The Hall–Kier alpha value is -1.84. The molecule has 0 spiro atoms. The maximum Gasteiger partial charge on any atom is 0.241 e. The van der Waals surface area contributed by atoms with Crippen LogP contribution in [0, 0.1) is 0 Å². The highest BCUT2D eigenvalue weighted by Crippen LogP contribution is 2.29. The molecule has 1 amide bonds. The number of carbonyl (C=O) groups is 1. The number of hydrogen-bond acceptors (Lipinski definition) is 6. The molecule has 0 aromatic heterocycles. The minimum atomic E-state index is -3.86. The van der Waals surface area contributed by atoms with Gasteiger partial charge in [-0.15, -0.1) is 0 Å². The topological polar surface area (TPSA) is 88.2 Å². The van der Waals surface area contributed by atoms with Gasteiger partial charge < -0.3 is 19.3 Å². The molecule has 1 aromatic carbocycles. The van der Waals surface area contributed by atoms with E-state index in [1.807, 2.05) is 0 Å². The summed E-state index contributed by atoms with van der Waals surface area (Å²) in [7, 11) is -0.950. The second kappa shape index (κ2) is 8.70. The minimum absolute atomic E-state index is 0.0191. The lowest BCUT2D eigenvalue weighted by molar-refractivity contribution is -0.134. The van der Waals surface area contributed by atoms with Crippen LogP contribution < -0.4 is 14.2 Å². The lowest BCUT2D eigenvalue weighted by Gasteiger charge is -2.35. The van der Waals surface area contributed by atoms with Gasteiger partial charge in [0.15, 0.2) is 11.5 Å². The van der Waals surface area contributed by atoms with E-state index in [-0.39, 0.29) is 10.8 Å². The number of sulfonamides is 1. The van der Waals surface area contributed by atoms with Crippen molar-refractivity contribution in [3.05, 3.63) is 18.2 Å². The van der Waals surface area contributed by atoms with Crippen LogP contribution in [0.25, 0.3) is 0 Å². The van der Waals surface area contributed by atoms with Crippen molar-refractivity contribution in [2.75, 3.05) is 46.9 Å². The molecule has 1 fully saturated rings. The van der Waals surface area contributed by atoms with Crippen LogP contribution in [-0.4, -0.2) is 77.1 Å². The van der Waals surface area contributed by atoms with Crippen molar-refractivity contribution in [1.82, 2.24) is 14.5 Å². The van der Waals surface area contributed by atoms with Crippen LogP contribution in [0.5, 0.6) is 11.5 Å². The first-order chi connectivity index (χ1) is 12.3. The Balaban J connectivity index is 2.07. The normalized spacial score (nSPS) is 17.0. The van der Waals surface area contributed by atoms with Gasteiger partial charge in [0.2, 0.25) is 15.9 Å². The van der Waals surface area contributed by atoms with Crippen molar-refractivity contribution in [2.45, 2.75) is 24.8 Å². The van der Waals surface area contributed by atoms with Gasteiger partial charge in [-0.25, -0.2) is 8.42 Å². The number of methoxy groups -OCH3 is 2. The van der Waals surface area contributed by atoms with Crippen LogP contribution in [0.4, 0.5) is 0 Å². The number of amides is 1. The van der Waals surface area contributed by atoms with E-state index >= 15 is 0 Å². The van der Waals surface area contributed by atoms with E-state index in [0.717, 1.165) is 19.6 Å². The quantitative estimate of drug-likeness (QED) is 0.737. The fraction of sp³-hybridized carbons (Fsp3) is 0.588. The average Bonchev–Trinajstić information content (AvgIpc) is 2.66. The predicted octanol–water partition coefficient (Wildman–Crippen LogP) is 0.535. The van der Waals surface area contributed by atoms with Crippen LogP contribution in [0.3, 0.4) is 0 Å². The Morgan fingerprint density at radius 1 is 1.15 bits per heavy atom. The second-order valence-electron chi connectivity index (χ2n) is 6.12. The van der Waals surface area contributed by atoms with Gasteiger partial charge in [0.1, 0.15) is 0 Å². The van der Waals surface area contributed by atoms with Gasteiger partial charge in [-0.2, -0.15) is 4.72 Å². The molecule has 0 aliphatic carbocycles. The van der Waals surface area contributed by atoms with Crippen LogP contribution >= 0.6 is 0 Å². The summed E-state index contributed by atoms with van der Waals surface area (Å²) in [6, 6.07) is 3.46. The lowest BCUT2D eigenvalue weighted by Crippen LogP contribution is -2.54. The van der Waals surface area contributed by atoms with Crippen molar-refractivity contribution in [3.63, 3.8) is 0 Å². The number of ether oxygens (including phenoxy) is 2. The van der Waals surface area contributed by atoms with Gasteiger partial charge in [-0.1, -0.05) is 6.92 Å². The fourth-order valence-corrected chi connectivity index (χ4v) is 4.10. The highest BCUT2D eigenvalue weighted by atomic mass is 32.2. The summed E-state index contributed by atoms with van der Waals surface area (Å²) in [6.45, 7) is 7.41. The summed E-state index contributed by atoms with van der Waals surface area (Å²) < 4.78 is 37.9. The zero-order valence-corrected chi connectivity index (χ0v) is 16.5. The Morgan fingerprint density at radius 3 is 2.31 bits per heavy atom. The highest BCUT2D eigenvalue weighted by Gasteiger charge is 2.28. The Bertz CT molecular complexity index is 730. The maximum atomic E-state index is 12.6. The van der Waals surface area contributed by atoms with E-state index in [1.165, 1.54) is 32.4 Å². The standard InChI is InChI=1S/C17H27N3O5S/c1-5-19-8-10-20(11-9-19)17(21)13(2)18-26(22,23)14-6-7-15(24-3)16(12-14)25-4/h6-7,12-13,18H,5,8-11H2,1-4H3/t13-/m0/s1. The molecule has 1 atom stereocenters. The van der Waals surface area contributed by atoms with Crippen LogP contribution in [0.2, 0.25) is 0 Å². The largest absolute Gasteiger partial charge is 0.493 e. The number of nitrogens with one attached hydrogen (secondary N) is 1. The summed E-state index contributed by atoms with van der Waals surface area (Å²) in [5.74, 6) is 0.527. The van der Waals surface area contributed by atoms with Crippen LogP contribution in [0.15, 0.2) is 23.1 Å². The summed E-state index contributed by atoms with van der Waals surface area (Å²) in [6.07, 6.45) is 0. The molecular formula is C17H27N3O5S. The molecule has 26 heavy (non-hydrogen) atoms. The number of piperazine rings is 1. The van der Waals surface area contributed by atoms with Crippen LogP contribution in [-0.2, 0) is 14.8 Å². The maximum absolute atomic E-state index is 12.6. The molecule has 1 heterocycles. The smallest absolute Gasteiger partial charge is 0.241 e. The molecule has 0 unspecified atom stereocenters. The fourth-order valence-electron chi connectivity index (χ4n) is 2.89. The van der Waals surface area contributed by atoms with Crippen LogP contribution in [0.1, 0.15) is 13.8 Å². The first kappa shape index (κ1) is 20.5. The molecule has 0 bridgehead atoms. The highest BCUT2D eigenvalue weighted by molar-refractivity contribution is 7.89. The van der Waals surface area contributed by atoms with Gasteiger partial charge in [0.25, 0.3) is 0 Å². The zero-order chi connectivity index (χ0) is 19.3. The number of hydrogen-bond donors (Lipinski definition) is 1. The van der Waals surface area contributed by atoms with Gasteiger partial charge in [-0.3, -0.25) is 4.79 Å². The third kappa shape index (κ3) is 4.66. The van der Waals surface area contributed by atoms with Crippen molar-refractivity contribution >= 4 is 15.9 Å². The molecule has 1 N–H and O–H groups in total. The summed E-state index contributed by atoms with van der Waals surface area (Å²) in [4.78, 5) is 16.5. The zero-order valence-electron chi connectivity index (χ0n) is 15.7. The summed E-state index contributed by atoms with van der Waals surface area (Å²) in [5.41, 5.74) is 0. The second-order valence-corrected chi connectivity index (χ2v) is 7.83. The summed E-state index contributed by atoms with van der Waals surface area (Å²) >= 11 is 0. The molecule has 146 valence electrons. The van der Waals surface area contributed by atoms with E-state index in [4.69, 9.17) is 9.47 Å². The molecule has 1 aromatic rings. The molecule has 8 nitrogen and oxygen atoms in total. The minimum Gasteiger partial charge on any atom is -0.493 e. The number of benzene rings is 1. The SMILES string of the molecule is CCN1CCN(C(=O)[C@H](C)NS(=O)(=O)c2ccc(OC)c(OC)c2)CC1. The first-order valence-corrected chi connectivity index (χ1v) is 10.1. The molecule has 1 aliphatic heterocycles. The Morgan fingerprint density at radius 2 is 1.77 bits per heavy atom. The van der Waals surface area contributed by atoms with E-state index in [9.17, 15) is 13.2 Å². The predicted molar refractivity (Wildman–Crippen MR) is 98.0 cm³/mol. The van der Waals surface area contributed by atoms with E-state index in [0.29, 0.717) is 24.6 Å².